The number of anilines is 1. The topological polar surface area (TPSA) is 60.3 Å². The molecule has 0 spiro atoms. The van der Waals surface area contributed by atoms with Crippen LogP contribution in [0.4, 0.5) is 5.69 Å². The minimum absolute atomic E-state index is 0.00336. The highest BCUT2D eigenvalue weighted by Gasteiger charge is 2.19. The summed E-state index contributed by atoms with van der Waals surface area (Å²) >= 11 is 7.53. The number of thiophene rings is 1. The van der Waals surface area contributed by atoms with Crippen LogP contribution in [0.1, 0.15) is 17.4 Å². The molecule has 1 amide bonds. The van der Waals surface area contributed by atoms with Gasteiger partial charge in [-0.3, -0.25) is 4.79 Å². The maximum atomic E-state index is 12.4. The minimum atomic E-state index is -0.438. The highest BCUT2D eigenvalue weighted by Crippen LogP contribution is 2.26. The third-order valence-electron chi connectivity index (χ3n) is 3.44. The van der Waals surface area contributed by atoms with Crippen LogP contribution in [0.3, 0.4) is 0 Å². The lowest BCUT2D eigenvalue weighted by atomic mass is 10.3. The maximum absolute atomic E-state index is 12.4. The van der Waals surface area contributed by atoms with Crippen LogP contribution in [-0.4, -0.2) is 23.1 Å². The van der Waals surface area contributed by atoms with Crippen LogP contribution in [0.5, 0.6) is 0 Å². The number of carbonyl (C=O) groups is 2. The molecule has 5 nitrogen and oxygen atoms in total. The molecule has 2 aromatic heterocycles. The quantitative estimate of drug-likeness (QED) is 0.693. The standard InChI is InChI=1S/C17H15ClN2O3S/c1-2-23-17(22)14-9-11-7-8-24-16(11)20(14)10-15(21)19-13-6-4-3-5-12(13)18/h3-9H,2,10H2,1H3,(H,19,21). The van der Waals surface area contributed by atoms with E-state index in [1.165, 1.54) is 11.3 Å². The summed E-state index contributed by atoms with van der Waals surface area (Å²) in [4.78, 5) is 25.4. The summed E-state index contributed by atoms with van der Waals surface area (Å²) in [5.74, 6) is -0.703. The predicted molar refractivity (Wildman–Crippen MR) is 95.9 cm³/mol. The molecule has 0 aliphatic rings. The van der Waals surface area contributed by atoms with Gasteiger partial charge < -0.3 is 14.6 Å². The molecule has 7 heteroatoms. The number of hydrogen-bond acceptors (Lipinski definition) is 4. The van der Waals surface area contributed by atoms with E-state index in [0.717, 1.165) is 10.2 Å². The number of hydrogen-bond donors (Lipinski definition) is 1. The van der Waals surface area contributed by atoms with Gasteiger partial charge in [0.05, 0.1) is 17.3 Å². The van der Waals surface area contributed by atoms with Crippen LogP contribution < -0.4 is 5.32 Å². The number of carbonyl (C=O) groups excluding carboxylic acids is 2. The lowest BCUT2D eigenvalue weighted by Gasteiger charge is -2.11. The summed E-state index contributed by atoms with van der Waals surface area (Å²) in [7, 11) is 0. The van der Waals surface area contributed by atoms with Crippen molar-refractivity contribution in [3.63, 3.8) is 0 Å². The van der Waals surface area contributed by atoms with Gasteiger partial charge in [-0.1, -0.05) is 23.7 Å². The first kappa shape index (κ1) is 16.5. The monoisotopic (exact) mass is 362 g/mol. The average Bonchev–Trinajstić information content (AvgIpc) is 3.12. The van der Waals surface area contributed by atoms with Crippen molar-refractivity contribution in [2.75, 3.05) is 11.9 Å². The van der Waals surface area contributed by atoms with Crippen LogP contribution in [0.15, 0.2) is 41.8 Å². The van der Waals surface area contributed by atoms with Gasteiger partial charge in [-0.05, 0) is 36.6 Å². The van der Waals surface area contributed by atoms with E-state index in [1.807, 2.05) is 11.4 Å². The van der Waals surface area contributed by atoms with E-state index < -0.39 is 5.97 Å². The van der Waals surface area contributed by atoms with Crippen LogP contribution in [0.2, 0.25) is 5.02 Å². The normalized spacial score (nSPS) is 10.8. The molecule has 0 aliphatic carbocycles. The SMILES string of the molecule is CCOC(=O)c1cc2ccsc2n1CC(=O)Nc1ccccc1Cl. The number of nitrogens with one attached hydrogen (secondary N) is 1. The summed E-state index contributed by atoms with van der Waals surface area (Å²) in [6, 6.07) is 10.7. The zero-order chi connectivity index (χ0) is 17.1. The fourth-order valence-corrected chi connectivity index (χ4v) is 3.48. The van der Waals surface area contributed by atoms with E-state index in [1.54, 1.807) is 41.8 Å². The lowest BCUT2D eigenvalue weighted by molar-refractivity contribution is -0.116. The fraction of sp³-hybridized carbons (Fsp3) is 0.176. The molecule has 0 aliphatic heterocycles. The van der Waals surface area contributed by atoms with E-state index in [0.29, 0.717) is 16.4 Å². The Morgan fingerprint density at radius 2 is 2.08 bits per heavy atom. The molecule has 0 unspecified atom stereocenters. The Morgan fingerprint density at radius 1 is 1.29 bits per heavy atom. The Kier molecular flexibility index (Phi) is 4.87. The first-order valence-corrected chi connectivity index (χ1v) is 8.64. The number of aromatic nitrogens is 1. The maximum Gasteiger partial charge on any atom is 0.355 e. The number of ether oxygens (including phenoxy) is 1. The molecule has 3 aromatic rings. The van der Waals surface area contributed by atoms with Gasteiger partial charge in [0, 0.05) is 5.39 Å². The van der Waals surface area contributed by atoms with Gasteiger partial charge in [0.25, 0.3) is 0 Å². The van der Waals surface area contributed by atoms with Crippen molar-refractivity contribution in [1.29, 1.82) is 0 Å². The first-order valence-electron chi connectivity index (χ1n) is 7.38. The minimum Gasteiger partial charge on any atom is -0.461 e. The van der Waals surface area contributed by atoms with Crippen molar-refractivity contribution in [2.45, 2.75) is 13.5 Å². The fourth-order valence-electron chi connectivity index (χ4n) is 2.40. The summed E-state index contributed by atoms with van der Waals surface area (Å²) in [6.07, 6.45) is 0. The van der Waals surface area contributed by atoms with Crippen molar-refractivity contribution in [3.05, 3.63) is 52.5 Å². The highest BCUT2D eigenvalue weighted by molar-refractivity contribution is 7.16. The molecule has 0 saturated carbocycles. The van der Waals surface area contributed by atoms with Crippen molar-refractivity contribution in [2.24, 2.45) is 0 Å². The third-order valence-corrected chi connectivity index (χ3v) is 4.72. The van der Waals surface area contributed by atoms with Crippen LogP contribution in [0, 0.1) is 0 Å². The molecule has 24 heavy (non-hydrogen) atoms. The number of amides is 1. The van der Waals surface area contributed by atoms with Crippen LogP contribution in [-0.2, 0) is 16.1 Å². The van der Waals surface area contributed by atoms with E-state index >= 15 is 0 Å². The van der Waals surface area contributed by atoms with Gasteiger partial charge in [-0.15, -0.1) is 11.3 Å². The number of rotatable bonds is 5. The van der Waals surface area contributed by atoms with Crippen molar-refractivity contribution < 1.29 is 14.3 Å². The second-order valence-electron chi connectivity index (χ2n) is 5.05. The largest absolute Gasteiger partial charge is 0.461 e. The Morgan fingerprint density at radius 3 is 2.83 bits per heavy atom. The molecule has 2 heterocycles. The summed E-state index contributed by atoms with van der Waals surface area (Å²) < 4.78 is 6.75. The predicted octanol–water partition coefficient (Wildman–Crippen LogP) is 4.17. The summed E-state index contributed by atoms with van der Waals surface area (Å²) in [5, 5.41) is 6.06. The molecule has 0 atom stereocenters. The van der Waals surface area contributed by atoms with E-state index in [9.17, 15) is 9.59 Å². The molecule has 124 valence electrons. The summed E-state index contributed by atoms with van der Waals surface area (Å²) in [5.41, 5.74) is 0.907. The first-order chi connectivity index (χ1) is 11.6. The van der Waals surface area contributed by atoms with E-state index in [2.05, 4.69) is 5.32 Å². The van der Waals surface area contributed by atoms with Crippen LogP contribution >= 0.6 is 22.9 Å². The molecule has 0 saturated heterocycles. The lowest BCUT2D eigenvalue weighted by Crippen LogP contribution is -2.22. The van der Waals surface area contributed by atoms with Gasteiger partial charge in [-0.25, -0.2) is 4.79 Å². The smallest absolute Gasteiger partial charge is 0.355 e. The summed E-state index contributed by atoms with van der Waals surface area (Å²) in [6.45, 7) is 2.03. The van der Waals surface area contributed by atoms with Crippen molar-refractivity contribution in [1.82, 2.24) is 4.57 Å². The molecule has 0 bridgehead atoms. The van der Waals surface area contributed by atoms with Crippen molar-refractivity contribution >= 4 is 50.7 Å². The van der Waals surface area contributed by atoms with Gasteiger partial charge >= 0.3 is 5.97 Å². The molecular formula is C17H15ClN2O3S. The van der Waals surface area contributed by atoms with E-state index in [4.69, 9.17) is 16.3 Å². The molecule has 0 radical (unpaired) electrons. The molecular weight excluding hydrogens is 348 g/mol. The van der Waals surface area contributed by atoms with Gasteiger partial charge in [-0.2, -0.15) is 0 Å². The zero-order valence-corrected chi connectivity index (χ0v) is 14.5. The second kappa shape index (κ2) is 7.07. The number of fused-ring (bicyclic) bond motifs is 1. The average molecular weight is 363 g/mol. The number of halogens is 1. The Labute approximate surface area is 147 Å². The molecule has 0 fully saturated rings. The van der Waals surface area contributed by atoms with Gasteiger partial charge in [0.2, 0.25) is 5.91 Å². The van der Waals surface area contributed by atoms with Gasteiger partial charge in [0.15, 0.2) is 0 Å². The Balaban J connectivity index is 1.87. The zero-order valence-electron chi connectivity index (χ0n) is 12.9. The molecule has 3 rings (SSSR count). The number of esters is 1. The Hall–Kier alpha value is -2.31. The van der Waals surface area contributed by atoms with Crippen LogP contribution in [0.25, 0.3) is 10.2 Å². The third kappa shape index (κ3) is 3.29. The molecule has 1 N–H and O–H groups in total. The number of benzene rings is 1. The molecule has 1 aromatic carbocycles. The van der Waals surface area contributed by atoms with Crippen molar-refractivity contribution in [3.8, 4) is 0 Å². The van der Waals surface area contributed by atoms with E-state index in [-0.39, 0.29) is 19.1 Å². The Bertz CT molecular complexity index is 900. The number of para-hydroxylation sites is 1. The second-order valence-corrected chi connectivity index (χ2v) is 6.35. The van der Waals surface area contributed by atoms with Gasteiger partial charge in [0.1, 0.15) is 17.1 Å². The highest BCUT2D eigenvalue weighted by atomic mass is 35.5. The number of nitrogens with zero attached hydrogens (tertiary/aromatic N) is 1.